The third kappa shape index (κ3) is 5.79. The summed E-state index contributed by atoms with van der Waals surface area (Å²) in [7, 11) is 0. The zero-order chi connectivity index (χ0) is 26.5. The molecule has 2 N–H and O–H groups in total. The fourth-order valence-corrected chi connectivity index (χ4v) is 8.58. The van der Waals surface area contributed by atoms with Gasteiger partial charge in [0, 0.05) is 37.0 Å². The second kappa shape index (κ2) is 12.3. The average molecular weight is 505 g/mol. The number of hydrogen-bond donors (Lipinski definition) is 2. The van der Waals surface area contributed by atoms with Crippen molar-refractivity contribution in [2.45, 2.75) is 106 Å². The number of rotatable bonds is 13. The number of hydroxylamine groups is 1. The smallest absolute Gasteiger partial charge is 0.303 e. The molecule has 0 saturated heterocycles. The van der Waals surface area contributed by atoms with Crippen molar-refractivity contribution in [1.82, 2.24) is 10.4 Å². The fourth-order valence-electron chi connectivity index (χ4n) is 8.58. The Hall–Kier alpha value is -1.56. The molecule has 0 radical (unpaired) electrons. The van der Waals surface area contributed by atoms with Crippen LogP contribution in [-0.4, -0.2) is 41.6 Å². The molecule has 0 bridgehead atoms. The molecule has 0 aliphatic heterocycles. The van der Waals surface area contributed by atoms with Gasteiger partial charge < -0.3 is 10.0 Å². The Bertz CT molecular complexity index is 794. The van der Waals surface area contributed by atoms with E-state index in [4.69, 9.17) is 4.84 Å². The summed E-state index contributed by atoms with van der Waals surface area (Å²) in [5.74, 6) is 2.71. The molecule has 6 nitrogen and oxygen atoms in total. The van der Waals surface area contributed by atoms with E-state index < -0.39 is 5.97 Å². The number of amides is 1. The Morgan fingerprint density at radius 2 is 1.86 bits per heavy atom. The lowest BCUT2D eigenvalue weighted by Crippen LogP contribution is -2.51. The number of carbonyl (C=O) groups is 2. The van der Waals surface area contributed by atoms with Gasteiger partial charge in [0.1, 0.15) is 0 Å². The minimum atomic E-state index is -0.719. The molecule has 3 rings (SSSR count). The van der Waals surface area contributed by atoms with Crippen LogP contribution >= 0.6 is 0 Å². The first-order valence-electron chi connectivity index (χ1n) is 14.7. The van der Waals surface area contributed by atoms with Crippen LogP contribution in [0.2, 0.25) is 0 Å². The summed E-state index contributed by atoms with van der Waals surface area (Å²) in [5, 5.41) is 9.47. The highest BCUT2D eigenvalue weighted by molar-refractivity contribution is 5.76. The minimum Gasteiger partial charge on any atom is -0.481 e. The van der Waals surface area contributed by atoms with Gasteiger partial charge in [-0.05, 0) is 107 Å². The first-order valence-corrected chi connectivity index (χ1v) is 14.7. The number of nitrogens with zero attached hydrogens (tertiary/aromatic N) is 1. The van der Waals surface area contributed by atoms with Crippen molar-refractivity contribution in [3.05, 3.63) is 11.8 Å². The lowest BCUT2D eigenvalue weighted by Gasteiger charge is -2.56. The van der Waals surface area contributed by atoms with Crippen LogP contribution in [0.25, 0.3) is 0 Å². The van der Waals surface area contributed by atoms with Crippen LogP contribution in [0.3, 0.4) is 0 Å². The molecule has 0 aromatic rings. The molecule has 2 fully saturated rings. The number of carboxylic acids is 1. The number of aliphatic carboxylic acids is 1. The third-order valence-electron chi connectivity index (χ3n) is 10.6. The maximum Gasteiger partial charge on any atom is 0.303 e. The van der Waals surface area contributed by atoms with Gasteiger partial charge in [-0.15, -0.1) is 0 Å². The SMILES string of the molecule is CCONC1=CC[C@H]2[C@@H]3CC[C@H]([C@H](C)CCCC(=O)N(CC)CC)[C@@]3(C)CC[C@@H]2[C@@]1(C)CCC(=O)O. The monoisotopic (exact) mass is 504 g/mol. The Morgan fingerprint density at radius 1 is 1.14 bits per heavy atom. The van der Waals surface area contributed by atoms with E-state index in [-0.39, 0.29) is 11.8 Å². The zero-order valence-electron chi connectivity index (χ0n) is 23.8. The maximum atomic E-state index is 12.5. The predicted molar refractivity (Wildman–Crippen MR) is 144 cm³/mol. The van der Waals surface area contributed by atoms with Crippen molar-refractivity contribution in [3.8, 4) is 0 Å². The van der Waals surface area contributed by atoms with Crippen LogP contribution < -0.4 is 5.48 Å². The summed E-state index contributed by atoms with van der Waals surface area (Å²) in [6.45, 7) is 15.5. The summed E-state index contributed by atoms with van der Waals surface area (Å²) in [6, 6.07) is 0. The second-order valence-electron chi connectivity index (χ2n) is 12.2. The predicted octanol–water partition coefficient (Wildman–Crippen LogP) is 6.42. The van der Waals surface area contributed by atoms with Crippen LogP contribution in [-0.2, 0) is 14.4 Å². The number of carboxylic acid groups (broad SMARTS) is 1. The van der Waals surface area contributed by atoms with Gasteiger partial charge in [-0.25, -0.2) is 0 Å². The van der Waals surface area contributed by atoms with Gasteiger partial charge in [0.25, 0.3) is 0 Å². The van der Waals surface area contributed by atoms with Crippen LogP contribution in [0.1, 0.15) is 106 Å². The Kier molecular flexibility index (Phi) is 9.93. The number of fused-ring (bicyclic) bond motifs is 3. The summed E-state index contributed by atoms with van der Waals surface area (Å²) < 4.78 is 0. The Morgan fingerprint density at radius 3 is 2.50 bits per heavy atom. The molecule has 0 aromatic heterocycles. The molecule has 2 saturated carbocycles. The Labute approximate surface area is 219 Å². The lowest BCUT2D eigenvalue weighted by molar-refractivity contribution is -0.138. The molecule has 0 spiro atoms. The normalized spacial score (nSPS) is 34.3. The molecular weight excluding hydrogens is 452 g/mol. The topological polar surface area (TPSA) is 78.9 Å². The molecule has 36 heavy (non-hydrogen) atoms. The summed E-state index contributed by atoms with van der Waals surface area (Å²) in [6.07, 6.45) is 12.0. The first-order chi connectivity index (χ1) is 17.1. The number of allylic oxidation sites excluding steroid dienone is 2. The molecule has 3 aliphatic rings. The molecule has 3 aliphatic carbocycles. The van der Waals surface area contributed by atoms with Gasteiger partial charge in [-0.2, -0.15) is 0 Å². The van der Waals surface area contributed by atoms with Crippen molar-refractivity contribution in [2.24, 2.45) is 40.4 Å². The summed E-state index contributed by atoms with van der Waals surface area (Å²) >= 11 is 0. The highest BCUT2D eigenvalue weighted by Gasteiger charge is 2.58. The van der Waals surface area contributed by atoms with Crippen molar-refractivity contribution < 1.29 is 19.5 Å². The van der Waals surface area contributed by atoms with E-state index in [9.17, 15) is 14.7 Å². The molecule has 6 heteroatoms. The van der Waals surface area contributed by atoms with E-state index in [1.165, 1.54) is 19.3 Å². The molecule has 0 unspecified atom stereocenters. The lowest BCUT2D eigenvalue weighted by atomic mass is 9.49. The van der Waals surface area contributed by atoms with Crippen LogP contribution in [0.15, 0.2) is 11.8 Å². The van der Waals surface area contributed by atoms with Gasteiger partial charge in [0.2, 0.25) is 5.91 Å². The van der Waals surface area contributed by atoms with Gasteiger partial charge in [0.15, 0.2) is 0 Å². The number of hydrogen-bond acceptors (Lipinski definition) is 4. The van der Waals surface area contributed by atoms with Crippen molar-refractivity contribution in [1.29, 1.82) is 0 Å². The molecule has 0 aromatic carbocycles. The van der Waals surface area contributed by atoms with E-state index in [0.717, 1.165) is 44.5 Å². The third-order valence-corrected chi connectivity index (χ3v) is 10.6. The van der Waals surface area contributed by atoms with E-state index in [0.29, 0.717) is 60.4 Å². The van der Waals surface area contributed by atoms with Gasteiger partial charge in [-0.1, -0.05) is 26.8 Å². The van der Waals surface area contributed by atoms with E-state index >= 15 is 0 Å². The van der Waals surface area contributed by atoms with Crippen molar-refractivity contribution in [2.75, 3.05) is 19.7 Å². The minimum absolute atomic E-state index is 0.188. The largest absolute Gasteiger partial charge is 0.481 e. The molecule has 1 amide bonds. The summed E-state index contributed by atoms with van der Waals surface area (Å²) in [5.41, 5.74) is 4.45. The molecule has 206 valence electrons. The molecule has 0 heterocycles. The fraction of sp³-hybridized carbons (Fsp3) is 0.867. The number of carbonyl (C=O) groups excluding carboxylic acids is 1. The standard InChI is InChI=1S/C30H52N2O4/c1-7-32(8-2)27(33)12-10-11-21(4)23-14-15-24-22-13-16-26(31-36-9-3)30(6,20-18-28(34)35)25(22)17-19-29(23,24)5/h16,21-25,31H,7-15,17-20H2,1-6H3,(H,34,35)/t21-,22+,23-,24+,25+,29-,30-/m1/s1. The Balaban J connectivity index is 1.70. The first kappa shape index (κ1) is 29.0. The van der Waals surface area contributed by atoms with E-state index in [1.807, 2.05) is 11.8 Å². The second-order valence-corrected chi connectivity index (χ2v) is 12.2. The zero-order valence-corrected chi connectivity index (χ0v) is 23.8. The van der Waals surface area contributed by atoms with Gasteiger partial charge in [0.05, 0.1) is 6.61 Å². The number of nitrogens with one attached hydrogen (secondary N) is 1. The highest BCUT2D eigenvalue weighted by atomic mass is 16.6. The quantitative estimate of drug-likeness (QED) is 0.283. The maximum absolute atomic E-state index is 12.5. The summed E-state index contributed by atoms with van der Waals surface area (Å²) in [4.78, 5) is 31.5. The van der Waals surface area contributed by atoms with E-state index in [2.05, 4.69) is 46.2 Å². The van der Waals surface area contributed by atoms with Crippen LogP contribution in [0.4, 0.5) is 0 Å². The van der Waals surface area contributed by atoms with Crippen molar-refractivity contribution >= 4 is 11.9 Å². The highest BCUT2D eigenvalue weighted by Crippen LogP contribution is 2.66. The van der Waals surface area contributed by atoms with Gasteiger partial charge >= 0.3 is 5.97 Å². The molecule has 7 atom stereocenters. The van der Waals surface area contributed by atoms with Gasteiger partial charge in [-0.3, -0.25) is 19.9 Å². The van der Waals surface area contributed by atoms with Crippen LogP contribution in [0.5, 0.6) is 0 Å². The molecular formula is C30H52N2O4. The van der Waals surface area contributed by atoms with Crippen LogP contribution in [0, 0.1) is 40.4 Å². The van der Waals surface area contributed by atoms with Crippen molar-refractivity contribution in [3.63, 3.8) is 0 Å². The average Bonchev–Trinajstić information content (AvgIpc) is 3.20. The van der Waals surface area contributed by atoms with E-state index in [1.54, 1.807) is 0 Å².